The number of hydrogen-bond acceptors (Lipinski definition) is 4. The molecule has 1 saturated carbocycles. The highest BCUT2D eigenvalue weighted by Crippen LogP contribution is 2.21. The van der Waals surface area contributed by atoms with Crippen molar-refractivity contribution >= 4 is 29.3 Å². The molecule has 0 bridgehead atoms. The summed E-state index contributed by atoms with van der Waals surface area (Å²) in [6, 6.07) is 3.54. The lowest BCUT2D eigenvalue weighted by Crippen LogP contribution is -2.38. The summed E-state index contributed by atoms with van der Waals surface area (Å²) in [4.78, 5) is 23.8. The van der Waals surface area contributed by atoms with E-state index in [1.807, 2.05) is 0 Å². The lowest BCUT2D eigenvalue weighted by molar-refractivity contribution is -0.131. The monoisotopic (exact) mass is 295 g/mol. The van der Waals surface area contributed by atoms with E-state index in [0.717, 1.165) is 36.6 Å². The average molecular weight is 295 g/mol. The van der Waals surface area contributed by atoms with Crippen molar-refractivity contribution in [3.8, 4) is 0 Å². The Labute approximate surface area is 120 Å². The number of aliphatic hydroxyl groups is 1. The van der Waals surface area contributed by atoms with Crippen LogP contribution in [0.4, 0.5) is 0 Å². The fourth-order valence-electron chi connectivity index (χ4n) is 2.19. The third kappa shape index (κ3) is 4.18. The van der Waals surface area contributed by atoms with Gasteiger partial charge in [-0.15, -0.1) is 11.3 Å². The Bertz CT molecular complexity index is 515. The number of nitrogens with one attached hydrogen (secondary N) is 1. The summed E-state index contributed by atoms with van der Waals surface area (Å²) in [6.45, 7) is 0. The Morgan fingerprint density at radius 1 is 1.25 bits per heavy atom. The molecule has 5 nitrogen and oxygen atoms in total. The van der Waals surface area contributed by atoms with Crippen molar-refractivity contribution in [1.82, 2.24) is 5.32 Å². The molecular weight excluding hydrogens is 278 g/mol. The number of hydrogen-bond donors (Lipinski definition) is 3. The number of carboxylic acids is 1. The standard InChI is InChI=1S/C14H17NO4S/c16-10-3-1-9(2-4-10)15-14(19)12-7-5-11(20-12)6-8-13(17)18/h5-10,16H,1-4H2,(H,15,19)(H,17,18)/b8-6+. The number of rotatable bonds is 4. The molecule has 20 heavy (non-hydrogen) atoms. The molecule has 1 aliphatic carbocycles. The third-order valence-corrected chi connectivity index (χ3v) is 4.32. The Kier molecular flexibility index (Phi) is 4.92. The van der Waals surface area contributed by atoms with Gasteiger partial charge < -0.3 is 15.5 Å². The van der Waals surface area contributed by atoms with E-state index >= 15 is 0 Å². The van der Waals surface area contributed by atoms with Crippen LogP contribution in [0.15, 0.2) is 18.2 Å². The Balaban J connectivity index is 1.91. The predicted molar refractivity (Wildman–Crippen MR) is 76.7 cm³/mol. The van der Waals surface area contributed by atoms with Gasteiger partial charge in [-0.3, -0.25) is 4.79 Å². The Hall–Kier alpha value is -1.66. The minimum atomic E-state index is -1.01. The van der Waals surface area contributed by atoms with Crippen molar-refractivity contribution in [2.45, 2.75) is 37.8 Å². The number of amides is 1. The van der Waals surface area contributed by atoms with Crippen LogP contribution in [0, 0.1) is 0 Å². The van der Waals surface area contributed by atoms with E-state index in [1.165, 1.54) is 17.4 Å². The highest BCUT2D eigenvalue weighted by Gasteiger charge is 2.21. The second-order valence-electron chi connectivity index (χ2n) is 4.85. The van der Waals surface area contributed by atoms with Gasteiger partial charge in [0.1, 0.15) is 0 Å². The SMILES string of the molecule is O=C(O)/C=C/c1ccc(C(=O)NC2CCC(O)CC2)s1. The quantitative estimate of drug-likeness (QED) is 0.740. The molecule has 0 aliphatic heterocycles. The van der Waals surface area contributed by atoms with Crippen LogP contribution in [0.1, 0.15) is 40.2 Å². The molecule has 0 spiro atoms. The van der Waals surface area contributed by atoms with Crippen molar-refractivity contribution in [2.24, 2.45) is 0 Å². The molecule has 0 aromatic carbocycles. The number of aliphatic carboxylic acids is 1. The molecule has 3 N–H and O–H groups in total. The van der Waals surface area contributed by atoms with E-state index in [0.29, 0.717) is 4.88 Å². The van der Waals surface area contributed by atoms with E-state index in [9.17, 15) is 14.7 Å². The first-order valence-corrected chi connectivity index (χ1v) is 7.36. The maximum Gasteiger partial charge on any atom is 0.328 e. The van der Waals surface area contributed by atoms with Gasteiger partial charge in [-0.25, -0.2) is 4.79 Å². The van der Waals surface area contributed by atoms with Gasteiger partial charge in [-0.1, -0.05) is 0 Å². The van der Waals surface area contributed by atoms with Gasteiger partial charge in [-0.2, -0.15) is 0 Å². The summed E-state index contributed by atoms with van der Waals surface area (Å²) in [5.41, 5.74) is 0. The molecule has 1 fully saturated rings. The maximum atomic E-state index is 12.0. The molecule has 2 rings (SSSR count). The Morgan fingerprint density at radius 2 is 1.95 bits per heavy atom. The molecule has 0 atom stereocenters. The van der Waals surface area contributed by atoms with E-state index in [-0.39, 0.29) is 18.1 Å². The van der Waals surface area contributed by atoms with Crippen LogP contribution in [-0.4, -0.2) is 34.2 Å². The fourth-order valence-corrected chi connectivity index (χ4v) is 3.01. The highest BCUT2D eigenvalue weighted by atomic mass is 32.1. The van der Waals surface area contributed by atoms with Gasteiger partial charge in [-0.05, 0) is 43.9 Å². The molecule has 1 aromatic heterocycles. The summed E-state index contributed by atoms with van der Waals surface area (Å²) in [5, 5.41) is 20.9. The lowest BCUT2D eigenvalue weighted by Gasteiger charge is -2.25. The Morgan fingerprint density at radius 3 is 2.60 bits per heavy atom. The van der Waals surface area contributed by atoms with E-state index < -0.39 is 5.97 Å². The van der Waals surface area contributed by atoms with Crippen LogP contribution in [0.5, 0.6) is 0 Å². The van der Waals surface area contributed by atoms with Gasteiger partial charge in [0.05, 0.1) is 11.0 Å². The van der Waals surface area contributed by atoms with Crippen molar-refractivity contribution < 1.29 is 19.8 Å². The van der Waals surface area contributed by atoms with Crippen molar-refractivity contribution in [2.75, 3.05) is 0 Å². The van der Waals surface area contributed by atoms with Gasteiger partial charge >= 0.3 is 5.97 Å². The van der Waals surface area contributed by atoms with Crippen LogP contribution >= 0.6 is 11.3 Å². The first kappa shape index (κ1) is 14.7. The number of carbonyl (C=O) groups is 2. The van der Waals surface area contributed by atoms with Crippen LogP contribution in [0.3, 0.4) is 0 Å². The number of aliphatic hydroxyl groups excluding tert-OH is 1. The van der Waals surface area contributed by atoms with Crippen molar-refractivity contribution in [3.05, 3.63) is 28.0 Å². The zero-order valence-electron chi connectivity index (χ0n) is 10.9. The largest absolute Gasteiger partial charge is 0.478 e. The average Bonchev–Trinajstić information content (AvgIpc) is 2.88. The van der Waals surface area contributed by atoms with Crippen LogP contribution in [-0.2, 0) is 4.79 Å². The zero-order chi connectivity index (χ0) is 14.5. The van der Waals surface area contributed by atoms with Crippen molar-refractivity contribution in [1.29, 1.82) is 0 Å². The van der Waals surface area contributed by atoms with Crippen LogP contribution in [0.25, 0.3) is 6.08 Å². The van der Waals surface area contributed by atoms with Gasteiger partial charge in [0.15, 0.2) is 0 Å². The summed E-state index contributed by atoms with van der Waals surface area (Å²) in [5.74, 6) is -1.14. The molecule has 108 valence electrons. The smallest absolute Gasteiger partial charge is 0.328 e. The first-order chi connectivity index (χ1) is 9.54. The predicted octanol–water partition coefficient (Wildman–Crippen LogP) is 1.88. The normalized spacial score (nSPS) is 22.9. The van der Waals surface area contributed by atoms with Crippen LogP contribution < -0.4 is 5.32 Å². The topological polar surface area (TPSA) is 86.6 Å². The van der Waals surface area contributed by atoms with Gasteiger partial charge in [0.2, 0.25) is 0 Å². The zero-order valence-corrected chi connectivity index (χ0v) is 11.7. The number of carboxylic acid groups (broad SMARTS) is 1. The molecular formula is C14H17NO4S. The van der Waals surface area contributed by atoms with E-state index in [4.69, 9.17) is 5.11 Å². The minimum Gasteiger partial charge on any atom is -0.478 e. The summed E-state index contributed by atoms with van der Waals surface area (Å²) in [6.07, 6.45) is 5.33. The van der Waals surface area contributed by atoms with Crippen LogP contribution in [0.2, 0.25) is 0 Å². The molecule has 1 aliphatic rings. The van der Waals surface area contributed by atoms with Crippen molar-refractivity contribution in [3.63, 3.8) is 0 Å². The molecule has 1 amide bonds. The fraction of sp³-hybridized carbons (Fsp3) is 0.429. The molecule has 1 heterocycles. The highest BCUT2D eigenvalue weighted by molar-refractivity contribution is 7.14. The van der Waals surface area contributed by atoms with Gasteiger partial charge in [0.25, 0.3) is 5.91 Å². The summed E-state index contributed by atoms with van der Waals surface area (Å²) < 4.78 is 0. The minimum absolute atomic E-state index is 0.117. The number of thiophene rings is 1. The molecule has 6 heteroatoms. The second-order valence-corrected chi connectivity index (χ2v) is 5.97. The lowest BCUT2D eigenvalue weighted by atomic mass is 9.93. The third-order valence-electron chi connectivity index (χ3n) is 3.27. The molecule has 0 radical (unpaired) electrons. The van der Waals surface area contributed by atoms with Gasteiger partial charge in [0, 0.05) is 17.0 Å². The molecule has 0 saturated heterocycles. The molecule has 0 unspecified atom stereocenters. The summed E-state index contributed by atoms with van der Waals surface area (Å²) in [7, 11) is 0. The molecule has 1 aromatic rings. The number of carbonyl (C=O) groups excluding carboxylic acids is 1. The van der Waals surface area contributed by atoms with E-state index in [2.05, 4.69) is 5.32 Å². The summed E-state index contributed by atoms with van der Waals surface area (Å²) >= 11 is 1.26. The van der Waals surface area contributed by atoms with E-state index in [1.54, 1.807) is 12.1 Å². The first-order valence-electron chi connectivity index (χ1n) is 6.54. The maximum absolute atomic E-state index is 12.0. The second kappa shape index (κ2) is 6.67.